The minimum Gasteiger partial charge on any atom is -0.454 e. The Morgan fingerprint density at radius 1 is 1.53 bits per heavy atom. The van der Waals surface area contributed by atoms with Gasteiger partial charge in [0.05, 0.1) is 6.04 Å². The maximum atomic E-state index is 11.4. The van der Waals surface area contributed by atoms with Crippen molar-refractivity contribution in [2.24, 2.45) is 5.73 Å². The highest BCUT2D eigenvalue weighted by atomic mass is 16.6. The molecule has 1 aromatic heterocycles. The van der Waals surface area contributed by atoms with Crippen LogP contribution in [0.1, 0.15) is 50.2 Å². The number of ether oxygens (including phenoxy) is 1. The molecule has 1 unspecified atom stereocenters. The number of carbonyl (C=O) groups excluding carboxylic acids is 1. The SMILES string of the molecule is CC(N)c1nc(C(=O)OC(C)(C)C)no1. The summed E-state index contributed by atoms with van der Waals surface area (Å²) < 4.78 is 9.83. The highest BCUT2D eigenvalue weighted by Crippen LogP contribution is 2.11. The molecule has 0 spiro atoms. The Kier molecular flexibility index (Phi) is 3.09. The standard InChI is InChI=1S/C9H15N3O3/c1-5(10)7-11-6(12-15-7)8(13)14-9(2,3)4/h5H,10H2,1-4H3. The van der Waals surface area contributed by atoms with Gasteiger partial charge in [0.1, 0.15) is 5.60 Å². The smallest absolute Gasteiger partial charge is 0.380 e. The molecule has 0 aliphatic carbocycles. The number of nitrogens with two attached hydrogens (primary N) is 1. The highest BCUT2D eigenvalue weighted by molar-refractivity contribution is 5.85. The van der Waals surface area contributed by atoms with Crippen LogP contribution in [-0.2, 0) is 4.74 Å². The summed E-state index contributed by atoms with van der Waals surface area (Å²) in [6, 6.07) is -0.395. The van der Waals surface area contributed by atoms with E-state index < -0.39 is 17.6 Å². The molecule has 1 rings (SSSR count). The molecule has 0 amide bonds. The molecule has 6 nitrogen and oxygen atoms in total. The summed E-state index contributed by atoms with van der Waals surface area (Å²) >= 11 is 0. The summed E-state index contributed by atoms with van der Waals surface area (Å²) in [5, 5.41) is 3.48. The molecule has 0 aromatic carbocycles. The second kappa shape index (κ2) is 3.98. The molecule has 84 valence electrons. The summed E-state index contributed by atoms with van der Waals surface area (Å²) in [5.41, 5.74) is 4.93. The van der Waals surface area contributed by atoms with Crippen LogP contribution < -0.4 is 5.73 Å². The molecule has 6 heteroatoms. The molecule has 15 heavy (non-hydrogen) atoms. The third-order valence-electron chi connectivity index (χ3n) is 1.41. The molecule has 0 fully saturated rings. The zero-order valence-corrected chi connectivity index (χ0v) is 9.27. The number of hydrogen-bond donors (Lipinski definition) is 1. The van der Waals surface area contributed by atoms with Crippen molar-refractivity contribution in [2.45, 2.75) is 39.3 Å². The molecule has 1 atom stereocenters. The average Bonchev–Trinajstić information content (AvgIpc) is 2.47. The van der Waals surface area contributed by atoms with Crippen molar-refractivity contribution in [3.63, 3.8) is 0 Å². The maximum Gasteiger partial charge on any atom is 0.380 e. The molecule has 0 aliphatic heterocycles. The van der Waals surface area contributed by atoms with Crippen LogP contribution in [0, 0.1) is 0 Å². The van der Waals surface area contributed by atoms with Crippen molar-refractivity contribution >= 4 is 5.97 Å². The highest BCUT2D eigenvalue weighted by Gasteiger charge is 2.23. The van der Waals surface area contributed by atoms with Crippen LogP contribution in [0.3, 0.4) is 0 Å². The topological polar surface area (TPSA) is 91.2 Å². The van der Waals surface area contributed by atoms with Gasteiger partial charge in [-0.25, -0.2) is 4.79 Å². The summed E-state index contributed by atoms with van der Waals surface area (Å²) in [5.74, 6) is -0.494. The van der Waals surface area contributed by atoms with Crippen molar-refractivity contribution < 1.29 is 14.1 Å². The van der Waals surface area contributed by atoms with Crippen molar-refractivity contribution in [1.29, 1.82) is 0 Å². The van der Waals surface area contributed by atoms with Gasteiger partial charge >= 0.3 is 5.97 Å². The first-order valence-electron chi connectivity index (χ1n) is 4.62. The van der Waals surface area contributed by atoms with Gasteiger partial charge in [-0.05, 0) is 32.9 Å². The van der Waals surface area contributed by atoms with Gasteiger partial charge in [0.25, 0.3) is 5.82 Å². The van der Waals surface area contributed by atoms with Crippen molar-refractivity contribution in [3.8, 4) is 0 Å². The fourth-order valence-corrected chi connectivity index (χ4v) is 0.827. The fraction of sp³-hybridized carbons (Fsp3) is 0.667. The molecule has 0 saturated heterocycles. The second-order valence-corrected chi connectivity index (χ2v) is 4.25. The van der Waals surface area contributed by atoms with E-state index >= 15 is 0 Å². The van der Waals surface area contributed by atoms with Gasteiger partial charge in [-0.15, -0.1) is 0 Å². The lowest BCUT2D eigenvalue weighted by molar-refractivity contribution is 0.00528. The zero-order chi connectivity index (χ0) is 11.6. The van der Waals surface area contributed by atoms with Crippen LogP contribution in [0.5, 0.6) is 0 Å². The van der Waals surface area contributed by atoms with E-state index in [0.717, 1.165) is 0 Å². The van der Waals surface area contributed by atoms with E-state index in [2.05, 4.69) is 10.1 Å². The lowest BCUT2D eigenvalue weighted by Gasteiger charge is -2.17. The van der Waals surface area contributed by atoms with Gasteiger partial charge in [-0.2, -0.15) is 4.98 Å². The number of aromatic nitrogens is 2. The van der Waals surface area contributed by atoms with Crippen LogP contribution >= 0.6 is 0 Å². The first-order chi connectivity index (χ1) is 6.79. The molecule has 0 saturated carbocycles. The van der Waals surface area contributed by atoms with Gasteiger partial charge in [0, 0.05) is 0 Å². The number of esters is 1. The Morgan fingerprint density at radius 2 is 2.13 bits per heavy atom. The van der Waals surface area contributed by atoms with E-state index in [9.17, 15) is 4.79 Å². The number of carbonyl (C=O) groups is 1. The van der Waals surface area contributed by atoms with Gasteiger partial charge in [0.2, 0.25) is 5.89 Å². The van der Waals surface area contributed by atoms with Crippen molar-refractivity contribution in [1.82, 2.24) is 10.1 Å². The number of hydrogen-bond acceptors (Lipinski definition) is 6. The second-order valence-electron chi connectivity index (χ2n) is 4.25. The minimum absolute atomic E-state index is 0.0998. The predicted molar refractivity (Wildman–Crippen MR) is 52.1 cm³/mol. The van der Waals surface area contributed by atoms with Gasteiger partial charge < -0.3 is 15.0 Å². The molecule has 0 bridgehead atoms. The van der Waals surface area contributed by atoms with E-state index in [4.69, 9.17) is 15.0 Å². The Hall–Kier alpha value is -1.43. The first-order valence-corrected chi connectivity index (χ1v) is 4.62. The summed E-state index contributed by atoms with van der Waals surface area (Å²) in [6.07, 6.45) is 0. The largest absolute Gasteiger partial charge is 0.454 e. The van der Waals surface area contributed by atoms with E-state index in [1.54, 1.807) is 27.7 Å². The number of nitrogens with zero attached hydrogens (tertiary/aromatic N) is 2. The van der Waals surface area contributed by atoms with Crippen LogP contribution in [0.25, 0.3) is 0 Å². The van der Waals surface area contributed by atoms with Crippen molar-refractivity contribution in [3.05, 3.63) is 11.7 Å². The maximum absolute atomic E-state index is 11.4. The van der Waals surface area contributed by atoms with E-state index in [1.165, 1.54) is 0 Å². The average molecular weight is 213 g/mol. The molecule has 1 heterocycles. The zero-order valence-electron chi connectivity index (χ0n) is 9.27. The van der Waals surface area contributed by atoms with Crippen LogP contribution in [0.2, 0.25) is 0 Å². The monoisotopic (exact) mass is 213 g/mol. The van der Waals surface area contributed by atoms with Crippen LogP contribution in [0.4, 0.5) is 0 Å². The van der Waals surface area contributed by atoms with Crippen LogP contribution in [-0.4, -0.2) is 21.7 Å². The summed E-state index contributed by atoms with van der Waals surface area (Å²) in [4.78, 5) is 15.3. The van der Waals surface area contributed by atoms with E-state index in [1.807, 2.05) is 0 Å². The Labute approximate surface area is 87.8 Å². The number of rotatable bonds is 2. The third kappa shape index (κ3) is 3.32. The lowest BCUT2D eigenvalue weighted by atomic mass is 10.2. The molecule has 0 aliphatic rings. The molecular formula is C9H15N3O3. The summed E-state index contributed by atoms with van der Waals surface area (Å²) in [6.45, 7) is 6.97. The molecular weight excluding hydrogens is 198 g/mol. The normalized spacial score (nSPS) is 13.7. The lowest BCUT2D eigenvalue weighted by Crippen LogP contribution is -2.24. The minimum atomic E-state index is -0.613. The fourth-order valence-electron chi connectivity index (χ4n) is 0.827. The Morgan fingerprint density at radius 3 is 2.53 bits per heavy atom. The Balaban J connectivity index is 2.75. The van der Waals surface area contributed by atoms with Crippen LogP contribution in [0.15, 0.2) is 4.52 Å². The molecule has 2 N–H and O–H groups in total. The van der Waals surface area contributed by atoms with E-state index in [0.29, 0.717) is 0 Å². The predicted octanol–water partition coefficient (Wildman–Crippen LogP) is 1.04. The van der Waals surface area contributed by atoms with Gasteiger partial charge in [0.15, 0.2) is 0 Å². The van der Waals surface area contributed by atoms with Gasteiger partial charge in [-0.3, -0.25) is 0 Å². The third-order valence-corrected chi connectivity index (χ3v) is 1.41. The quantitative estimate of drug-likeness (QED) is 0.738. The van der Waals surface area contributed by atoms with E-state index in [-0.39, 0.29) is 11.7 Å². The Bertz CT molecular complexity index is 352. The summed E-state index contributed by atoms with van der Waals surface area (Å²) in [7, 11) is 0. The van der Waals surface area contributed by atoms with Gasteiger partial charge in [-0.1, -0.05) is 0 Å². The molecule has 0 radical (unpaired) electrons. The molecule has 1 aromatic rings. The van der Waals surface area contributed by atoms with Crippen molar-refractivity contribution in [2.75, 3.05) is 0 Å². The first kappa shape index (κ1) is 11.6.